The minimum atomic E-state index is -0.538. The van der Waals surface area contributed by atoms with Gasteiger partial charge in [0.2, 0.25) is 5.91 Å². The van der Waals surface area contributed by atoms with Gasteiger partial charge in [0, 0.05) is 14.5 Å². The van der Waals surface area contributed by atoms with Gasteiger partial charge in [-0.2, -0.15) is 5.26 Å². The van der Waals surface area contributed by atoms with Crippen LogP contribution in [-0.4, -0.2) is 5.91 Å². The Balaban J connectivity index is 3.11. The summed E-state index contributed by atoms with van der Waals surface area (Å²) in [5, 5.41) is 10.7. The van der Waals surface area contributed by atoms with Crippen molar-refractivity contribution in [3.05, 3.63) is 26.4 Å². The molecule has 0 aliphatic rings. The minimum Gasteiger partial charge on any atom is -0.322 e. The summed E-state index contributed by atoms with van der Waals surface area (Å²) >= 11 is 6.34. The lowest BCUT2D eigenvalue weighted by Gasteiger charge is -2.10. The minimum absolute atomic E-state index is 0.0564. The van der Waals surface area contributed by atoms with E-state index in [4.69, 9.17) is 5.26 Å². The molecule has 0 spiro atoms. The van der Waals surface area contributed by atoms with Gasteiger partial charge in [-0.25, -0.2) is 4.39 Å². The van der Waals surface area contributed by atoms with Crippen LogP contribution in [0.15, 0.2) is 15.0 Å². The molecule has 0 fully saturated rings. The van der Waals surface area contributed by atoms with E-state index in [2.05, 4.69) is 37.2 Å². The number of carbonyl (C=O) groups is 1. The van der Waals surface area contributed by atoms with Gasteiger partial charge in [0.15, 0.2) is 5.82 Å². The topological polar surface area (TPSA) is 52.9 Å². The number of anilines is 1. The van der Waals surface area contributed by atoms with Gasteiger partial charge >= 0.3 is 0 Å². The van der Waals surface area contributed by atoms with E-state index >= 15 is 0 Å². The Bertz CT molecular complexity index is 483. The molecule has 3 nitrogen and oxygen atoms in total. The second kappa shape index (κ2) is 5.41. The maximum atomic E-state index is 13.8. The molecule has 0 unspecified atom stereocenters. The number of amides is 1. The van der Waals surface area contributed by atoms with Crippen LogP contribution in [0.3, 0.4) is 0 Å². The highest BCUT2D eigenvalue weighted by atomic mass is 79.9. The van der Waals surface area contributed by atoms with Crippen molar-refractivity contribution in [2.24, 2.45) is 0 Å². The van der Waals surface area contributed by atoms with E-state index in [-0.39, 0.29) is 12.1 Å². The lowest BCUT2D eigenvalue weighted by Crippen LogP contribution is -2.12. The fraction of sp³-hybridized carbons (Fsp3) is 0.200. The SMILES string of the molecule is Cc1c(Br)cc(Br)c(NC(=O)CC#N)c1F. The Morgan fingerprint density at radius 2 is 2.19 bits per heavy atom. The van der Waals surface area contributed by atoms with E-state index in [1.54, 1.807) is 19.1 Å². The summed E-state index contributed by atoms with van der Waals surface area (Å²) < 4.78 is 14.8. The number of nitrogens with zero attached hydrogens (tertiary/aromatic N) is 1. The molecule has 0 radical (unpaired) electrons. The van der Waals surface area contributed by atoms with E-state index in [0.717, 1.165) is 0 Å². The Kier molecular flexibility index (Phi) is 4.44. The van der Waals surface area contributed by atoms with Gasteiger partial charge in [-0.1, -0.05) is 15.9 Å². The fourth-order valence-electron chi connectivity index (χ4n) is 1.06. The first-order valence-electron chi connectivity index (χ1n) is 4.28. The predicted octanol–water partition coefficient (Wildman–Crippen LogP) is 3.51. The number of benzene rings is 1. The van der Waals surface area contributed by atoms with Gasteiger partial charge in [-0.05, 0) is 28.9 Å². The molecule has 0 saturated carbocycles. The number of carbonyl (C=O) groups excluding carboxylic acids is 1. The van der Waals surface area contributed by atoms with Crippen molar-refractivity contribution in [3.8, 4) is 6.07 Å². The third-order valence-electron chi connectivity index (χ3n) is 1.90. The number of nitriles is 1. The van der Waals surface area contributed by atoms with Crippen LogP contribution in [0, 0.1) is 24.1 Å². The number of rotatable bonds is 2. The molecular weight excluding hydrogens is 343 g/mol. The standard InChI is InChI=1S/C10H7Br2FN2O/c1-5-6(11)4-7(12)10(9(5)13)15-8(16)2-3-14/h4H,2H2,1H3,(H,15,16). The van der Waals surface area contributed by atoms with Crippen molar-refractivity contribution in [2.45, 2.75) is 13.3 Å². The quantitative estimate of drug-likeness (QED) is 0.888. The molecule has 1 N–H and O–H groups in total. The van der Waals surface area contributed by atoms with Crippen LogP contribution in [0.4, 0.5) is 10.1 Å². The van der Waals surface area contributed by atoms with Crippen LogP contribution in [0.25, 0.3) is 0 Å². The van der Waals surface area contributed by atoms with Crippen molar-refractivity contribution < 1.29 is 9.18 Å². The van der Waals surface area contributed by atoms with Crippen LogP contribution in [0.5, 0.6) is 0 Å². The number of halogens is 3. The molecule has 0 saturated heterocycles. The van der Waals surface area contributed by atoms with Gasteiger partial charge in [0.25, 0.3) is 0 Å². The van der Waals surface area contributed by atoms with Crippen LogP contribution in [0.1, 0.15) is 12.0 Å². The fourth-order valence-corrected chi connectivity index (χ4v) is 2.27. The number of hydrogen-bond donors (Lipinski definition) is 1. The van der Waals surface area contributed by atoms with Gasteiger partial charge in [0.1, 0.15) is 6.42 Å². The van der Waals surface area contributed by atoms with Crippen LogP contribution in [-0.2, 0) is 4.79 Å². The molecule has 0 atom stereocenters. The Labute approximate surface area is 109 Å². The van der Waals surface area contributed by atoms with Crippen LogP contribution in [0.2, 0.25) is 0 Å². The third kappa shape index (κ3) is 2.80. The zero-order valence-electron chi connectivity index (χ0n) is 8.27. The highest BCUT2D eigenvalue weighted by molar-refractivity contribution is 9.11. The molecule has 0 aliphatic carbocycles. The van der Waals surface area contributed by atoms with Crippen LogP contribution < -0.4 is 5.32 Å². The Morgan fingerprint density at radius 1 is 1.56 bits per heavy atom. The lowest BCUT2D eigenvalue weighted by molar-refractivity contribution is -0.115. The number of hydrogen-bond acceptors (Lipinski definition) is 2. The average Bonchev–Trinajstić information content (AvgIpc) is 2.22. The third-order valence-corrected chi connectivity index (χ3v) is 3.35. The van der Waals surface area contributed by atoms with E-state index in [0.29, 0.717) is 14.5 Å². The molecule has 1 rings (SSSR count). The predicted molar refractivity (Wildman–Crippen MR) is 65.4 cm³/mol. The first-order valence-corrected chi connectivity index (χ1v) is 5.87. The van der Waals surface area contributed by atoms with E-state index in [1.165, 1.54) is 0 Å². The van der Waals surface area contributed by atoms with Gasteiger partial charge in [-0.15, -0.1) is 0 Å². The average molecular weight is 350 g/mol. The second-order valence-electron chi connectivity index (χ2n) is 3.04. The largest absolute Gasteiger partial charge is 0.322 e. The molecule has 0 aromatic heterocycles. The maximum absolute atomic E-state index is 13.8. The van der Waals surface area contributed by atoms with E-state index < -0.39 is 11.7 Å². The van der Waals surface area contributed by atoms with Crippen molar-refractivity contribution >= 4 is 43.5 Å². The van der Waals surface area contributed by atoms with Crippen molar-refractivity contribution in [1.82, 2.24) is 0 Å². The Hall–Kier alpha value is -0.930. The molecule has 16 heavy (non-hydrogen) atoms. The zero-order chi connectivity index (χ0) is 12.3. The molecule has 0 heterocycles. The molecule has 1 aromatic carbocycles. The molecule has 84 valence electrons. The maximum Gasteiger partial charge on any atom is 0.238 e. The summed E-state index contributed by atoms with van der Waals surface area (Å²) in [4.78, 5) is 11.2. The van der Waals surface area contributed by atoms with Crippen molar-refractivity contribution in [3.63, 3.8) is 0 Å². The van der Waals surface area contributed by atoms with E-state index in [9.17, 15) is 9.18 Å². The normalized spacial score (nSPS) is 9.69. The van der Waals surface area contributed by atoms with Gasteiger partial charge < -0.3 is 5.32 Å². The van der Waals surface area contributed by atoms with Crippen molar-refractivity contribution in [1.29, 1.82) is 5.26 Å². The van der Waals surface area contributed by atoms with E-state index in [1.807, 2.05) is 0 Å². The summed E-state index contributed by atoms with van der Waals surface area (Å²) in [5.41, 5.74) is 0.455. The lowest BCUT2D eigenvalue weighted by atomic mass is 10.2. The molecule has 6 heteroatoms. The molecule has 1 aromatic rings. The highest BCUT2D eigenvalue weighted by Gasteiger charge is 2.15. The van der Waals surface area contributed by atoms with Gasteiger partial charge in [-0.3, -0.25) is 4.79 Å². The summed E-state index contributed by atoms with van der Waals surface area (Å²) in [6, 6.07) is 3.33. The summed E-state index contributed by atoms with van der Waals surface area (Å²) in [7, 11) is 0. The molecule has 0 aliphatic heterocycles. The number of nitrogens with one attached hydrogen (secondary N) is 1. The molecule has 0 bridgehead atoms. The monoisotopic (exact) mass is 348 g/mol. The zero-order valence-corrected chi connectivity index (χ0v) is 11.4. The molecule has 1 amide bonds. The summed E-state index contributed by atoms with van der Waals surface area (Å²) in [5.74, 6) is -1.06. The van der Waals surface area contributed by atoms with Gasteiger partial charge in [0.05, 0.1) is 11.8 Å². The molecular formula is C10H7Br2FN2O. The summed E-state index contributed by atoms with van der Waals surface area (Å²) in [6.07, 6.45) is -0.305. The Morgan fingerprint density at radius 3 is 2.75 bits per heavy atom. The van der Waals surface area contributed by atoms with Crippen LogP contribution >= 0.6 is 31.9 Å². The van der Waals surface area contributed by atoms with Crippen molar-refractivity contribution in [2.75, 3.05) is 5.32 Å². The first-order chi connectivity index (χ1) is 7.47. The smallest absolute Gasteiger partial charge is 0.238 e. The highest BCUT2D eigenvalue weighted by Crippen LogP contribution is 2.33. The second-order valence-corrected chi connectivity index (χ2v) is 4.75. The first kappa shape index (κ1) is 13.1. The summed E-state index contributed by atoms with van der Waals surface area (Å²) in [6.45, 7) is 1.59.